The first-order valence-corrected chi connectivity index (χ1v) is 17.3. The molecule has 0 aromatic carbocycles. The van der Waals surface area contributed by atoms with E-state index in [2.05, 4.69) is 29.1 Å². The molecule has 0 heterocycles. The third kappa shape index (κ3) is 26.1. The number of rotatable bonds is 29. The Morgan fingerprint density at radius 2 is 1.25 bits per heavy atom. The van der Waals surface area contributed by atoms with E-state index in [1.165, 1.54) is 57.8 Å². The summed E-state index contributed by atoms with van der Waals surface area (Å²) in [5, 5.41) is 3.02. The van der Waals surface area contributed by atoms with Gasteiger partial charge in [0, 0.05) is 12.8 Å². The average molecular weight is 624 g/mol. The Hall–Kier alpha value is -2.38. The van der Waals surface area contributed by atoms with Crippen LogP contribution in [0.3, 0.4) is 0 Å². The lowest BCUT2D eigenvalue weighted by atomic mass is 9.76. The van der Waals surface area contributed by atoms with Crippen LogP contribution in [0.1, 0.15) is 164 Å². The molecule has 0 aromatic rings. The van der Waals surface area contributed by atoms with E-state index in [0.717, 1.165) is 38.5 Å². The quantitative estimate of drug-likeness (QED) is 0.0292. The molecule has 0 aliphatic carbocycles. The molecule has 44 heavy (non-hydrogen) atoms. The minimum absolute atomic E-state index is 0.0709. The monoisotopic (exact) mass is 623 g/mol. The minimum atomic E-state index is -0.426. The number of amides is 1. The smallest absolute Gasteiger partial charge is 0.309 e. The molecule has 0 fully saturated rings. The highest BCUT2D eigenvalue weighted by molar-refractivity contribution is 5.77. The molecule has 0 rings (SSSR count). The molecule has 8 heteroatoms. The highest BCUT2D eigenvalue weighted by Gasteiger charge is 2.29. The summed E-state index contributed by atoms with van der Waals surface area (Å²) in [7, 11) is 0. The number of hydrogen-bond acceptors (Lipinski definition) is 7. The van der Waals surface area contributed by atoms with Gasteiger partial charge in [0.25, 0.3) is 6.47 Å². The molecule has 0 aliphatic heterocycles. The Morgan fingerprint density at radius 1 is 0.705 bits per heavy atom. The molecule has 0 saturated heterocycles. The maximum Gasteiger partial charge on any atom is 0.309 e. The molecular formula is C36H65NO7. The third-order valence-corrected chi connectivity index (χ3v) is 8.04. The number of carbonyl (C=O) groups is 4. The normalized spacial score (nSPS) is 12.6. The van der Waals surface area contributed by atoms with E-state index in [1.54, 1.807) is 0 Å². The predicted octanol–water partition coefficient (Wildman–Crippen LogP) is 8.75. The summed E-state index contributed by atoms with van der Waals surface area (Å²) in [6.45, 7) is 12.3. The van der Waals surface area contributed by atoms with E-state index in [1.807, 2.05) is 34.6 Å². The zero-order valence-corrected chi connectivity index (χ0v) is 29.0. The van der Waals surface area contributed by atoms with Gasteiger partial charge in [-0.2, -0.15) is 0 Å². The molecule has 0 spiro atoms. The molecule has 1 unspecified atom stereocenters. The number of ether oxygens (including phenoxy) is 3. The van der Waals surface area contributed by atoms with E-state index in [-0.39, 0.29) is 55.0 Å². The Morgan fingerprint density at radius 3 is 1.82 bits per heavy atom. The second-order valence-electron chi connectivity index (χ2n) is 13.8. The molecular weight excluding hydrogens is 558 g/mol. The number of allylic oxidation sites excluding steroid dienone is 2. The zero-order chi connectivity index (χ0) is 33.1. The van der Waals surface area contributed by atoms with Crippen molar-refractivity contribution in [2.45, 2.75) is 170 Å². The van der Waals surface area contributed by atoms with Gasteiger partial charge >= 0.3 is 11.9 Å². The van der Waals surface area contributed by atoms with Gasteiger partial charge < -0.3 is 19.5 Å². The molecule has 256 valence electrons. The van der Waals surface area contributed by atoms with Gasteiger partial charge in [0.05, 0.1) is 12.5 Å². The largest absolute Gasteiger partial charge is 0.463 e. The van der Waals surface area contributed by atoms with Crippen molar-refractivity contribution in [3.8, 4) is 0 Å². The van der Waals surface area contributed by atoms with Crippen LogP contribution in [0.15, 0.2) is 12.2 Å². The first kappa shape index (κ1) is 41.6. The van der Waals surface area contributed by atoms with Crippen molar-refractivity contribution in [2.24, 2.45) is 10.8 Å². The first-order valence-electron chi connectivity index (χ1n) is 17.3. The summed E-state index contributed by atoms with van der Waals surface area (Å²) in [5.41, 5.74) is -0.596. The van der Waals surface area contributed by atoms with Crippen LogP contribution >= 0.6 is 0 Å². The molecule has 0 aliphatic rings. The van der Waals surface area contributed by atoms with Crippen molar-refractivity contribution in [3.63, 3.8) is 0 Å². The van der Waals surface area contributed by atoms with Crippen molar-refractivity contribution in [3.05, 3.63) is 12.2 Å². The SMILES string of the molecule is CCCCCCCC/C=C\CCCCCCCC(=O)OCC(CC)NC(=O)CC(C)(C)CCC(C)(C)CC(=O)OCOC=O. The molecule has 1 atom stereocenters. The van der Waals surface area contributed by atoms with E-state index >= 15 is 0 Å². The zero-order valence-electron chi connectivity index (χ0n) is 29.0. The van der Waals surface area contributed by atoms with Crippen LogP contribution in [-0.4, -0.2) is 43.8 Å². The Kier molecular flexibility index (Phi) is 24.5. The van der Waals surface area contributed by atoms with Crippen molar-refractivity contribution in [2.75, 3.05) is 13.4 Å². The summed E-state index contributed by atoms with van der Waals surface area (Å²) < 4.78 is 14.8. The maximum atomic E-state index is 12.8. The van der Waals surface area contributed by atoms with Crippen LogP contribution in [0.25, 0.3) is 0 Å². The number of carbonyl (C=O) groups excluding carboxylic acids is 4. The Balaban J connectivity index is 4.06. The highest BCUT2D eigenvalue weighted by Crippen LogP contribution is 2.35. The van der Waals surface area contributed by atoms with E-state index in [4.69, 9.17) is 9.47 Å². The van der Waals surface area contributed by atoms with Gasteiger partial charge in [0.15, 0.2) is 0 Å². The summed E-state index contributed by atoms with van der Waals surface area (Å²) >= 11 is 0. The van der Waals surface area contributed by atoms with Crippen LogP contribution in [0.5, 0.6) is 0 Å². The lowest BCUT2D eigenvalue weighted by molar-refractivity contribution is -0.162. The fourth-order valence-electron chi connectivity index (χ4n) is 5.00. The molecule has 0 radical (unpaired) electrons. The van der Waals surface area contributed by atoms with Crippen LogP contribution < -0.4 is 5.32 Å². The summed E-state index contributed by atoms with van der Waals surface area (Å²) in [5.74, 6) is -0.697. The van der Waals surface area contributed by atoms with Gasteiger partial charge in [-0.3, -0.25) is 19.2 Å². The first-order chi connectivity index (χ1) is 20.9. The van der Waals surface area contributed by atoms with Crippen molar-refractivity contribution in [1.29, 1.82) is 0 Å². The van der Waals surface area contributed by atoms with Crippen molar-refractivity contribution in [1.82, 2.24) is 5.32 Å². The van der Waals surface area contributed by atoms with Gasteiger partial charge in [0.2, 0.25) is 12.7 Å². The van der Waals surface area contributed by atoms with Crippen LogP contribution in [-0.2, 0) is 33.4 Å². The summed E-state index contributed by atoms with van der Waals surface area (Å²) in [4.78, 5) is 47.2. The lowest BCUT2D eigenvalue weighted by Crippen LogP contribution is -2.40. The molecule has 1 amide bonds. The van der Waals surface area contributed by atoms with Crippen LogP contribution in [0.4, 0.5) is 0 Å². The number of unbranched alkanes of at least 4 members (excludes halogenated alkanes) is 11. The number of esters is 2. The lowest BCUT2D eigenvalue weighted by Gasteiger charge is -2.31. The average Bonchev–Trinajstić information content (AvgIpc) is 2.96. The standard InChI is InChI=1S/C36H65NO7/c1-7-9-10-11-12-13-14-15-16-17-18-19-20-21-22-23-33(40)43-28-31(8-2)37-32(39)26-35(3,4)24-25-36(5,6)27-34(41)44-30-42-29-38/h15-16,29,31H,7-14,17-28,30H2,1-6H3,(H,37,39)/b16-15-. The fourth-order valence-corrected chi connectivity index (χ4v) is 5.00. The Bertz CT molecular complexity index is 806. The van der Waals surface area contributed by atoms with Crippen LogP contribution in [0.2, 0.25) is 0 Å². The molecule has 0 bridgehead atoms. The molecule has 0 aromatic heterocycles. The van der Waals surface area contributed by atoms with Crippen molar-refractivity contribution < 1.29 is 33.4 Å². The molecule has 8 nitrogen and oxygen atoms in total. The predicted molar refractivity (Wildman–Crippen MR) is 177 cm³/mol. The second-order valence-corrected chi connectivity index (χ2v) is 13.8. The van der Waals surface area contributed by atoms with Gasteiger partial charge in [-0.05, 0) is 62.2 Å². The fraction of sp³-hybridized carbons (Fsp3) is 0.833. The number of nitrogens with one attached hydrogen (secondary N) is 1. The summed E-state index contributed by atoms with van der Waals surface area (Å²) in [6.07, 6.45) is 23.6. The number of hydrogen-bond donors (Lipinski definition) is 1. The molecule has 1 N–H and O–H groups in total. The van der Waals surface area contributed by atoms with Gasteiger partial charge in [0.1, 0.15) is 6.61 Å². The topological polar surface area (TPSA) is 108 Å². The highest BCUT2D eigenvalue weighted by atomic mass is 16.7. The molecule has 0 saturated carbocycles. The van der Waals surface area contributed by atoms with Gasteiger partial charge in [-0.1, -0.05) is 105 Å². The Labute approximate surface area is 268 Å². The summed E-state index contributed by atoms with van der Waals surface area (Å²) in [6, 6.07) is -0.212. The second kappa shape index (κ2) is 25.9. The van der Waals surface area contributed by atoms with Crippen molar-refractivity contribution >= 4 is 24.3 Å². The van der Waals surface area contributed by atoms with E-state index in [9.17, 15) is 19.2 Å². The van der Waals surface area contributed by atoms with Gasteiger partial charge in [-0.25, -0.2) is 0 Å². The third-order valence-electron chi connectivity index (χ3n) is 8.04. The van der Waals surface area contributed by atoms with Crippen LogP contribution in [0, 0.1) is 10.8 Å². The van der Waals surface area contributed by atoms with E-state index < -0.39 is 5.97 Å². The van der Waals surface area contributed by atoms with Gasteiger partial charge in [-0.15, -0.1) is 0 Å². The minimum Gasteiger partial charge on any atom is -0.463 e. The maximum absolute atomic E-state index is 12.8. The van der Waals surface area contributed by atoms with E-state index in [0.29, 0.717) is 19.3 Å².